The maximum Gasteiger partial charge on any atom is 1.00 e. The van der Waals surface area contributed by atoms with Crippen LogP contribution in [0.2, 0.25) is 0 Å². The number of hydrogen-bond acceptors (Lipinski definition) is 3. The molecule has 2 N–H and O–H groups in total. The second-order valence-corrected chi connectivity index (χ2v) is 10.4. The molecule has 4 rings (SSSR count). The van der Waals surface area contributed by atoms with Crippen LogP contribution in [0.1, 0.15) is 116 Å². The molecule has 0 saturated heterocycles. The van der Waals surface area contributed by atoms with Gasteiger partial charge in [-0.1, -0.05) is 106 Å². The maximum atomic E-state index is 8.83. The minimum absolute atomic E-state index is 0. The quantitative estimate of drug-likeness (QED) is 0.229. The van der Waals surface area contributed by atoms with Gasteiger partial charge in [0.1, 0.15) is 0 Å². The fourth-order valence-electron chi connectivity index (χ4n) is 5.53. The standard InChI is InChI=1S/C14H19N3.C14H21N.C4H10O.Al.Li.4H/c1-2-12-7-6-8-13(11-12)14(16-17-15)9-4-3-5-10-14;1-2-12-7-6-8-13(11-12)14(15)9-4-3-5-10-14;1-3-5-4-2;;;;;;/h6-8,11H,2-5,9-10H2,1H3;6-8,11H,2-5,9-10,15H2,1H3;3-4H2,1-2H3;;;;;;/q;;;;+1;;;;-1. The van der Waals surface area contributed by atoms with E-state index in [9.17, 15) is 0 Å². The summed E-state index contributed by atoms with van der Waals surface area (Å²) in [7, 11) is 0. The van der Waals surface area contributed by atoms with Gasteiger partial charge >= 0.3 is 18.9 Å². The number of ether oxygens (including phenoxy) is 1. The molecular weight excluding hydrogens is 490 g/mol. The third-order valence-corrected chi connectivity index (χ3v) is 7.85. The molecule has 0 aliphatic heterocycles. The van der Waals surface area contributed by atoms with Gasteiger partial charge in [0.05, 0.1) is 5.54 Å². The van der Waals surface area contributed by atoms with Crippen LogP contribution in [-0.4, -0.2) is 30.6 Å². The summed E-state index contributed by atoms with van der Waals surface area (Å²) >= 11 is 0. The first kappa shape index (κ1) is 37.8. The second-order valence-electron chi connectivity index (χ2n) is 10.4. The van der Waals surface area contributed by atoms with Gasteiger partial charge < -0.3 is 11.9 Å². The van der Waals surface area contributed by atoms with Crippen molar-refractivity contribution in [1.29, 1.82) is 0 Å². The van der Waals surface area contributed by atoms with Crippen molar-refractivity contribution in [2.24, 2.45) is 10.8 Å². The predicted octanol–water partition coefficient (Wildman–Crippen LogP) is 5.06. The largest absolute Gasteiger partial charge is 1.00 e. The molecule has 2 aromatic carbocycles. The minimum Gasteiger partial charge on any atom is -1.00 e. The minimum atomic E-state index is -0.280. The normalized spacial score (nSPS) is 16.8. The Morgan fingerprint density at radius 1 is 0.795 bits per heavy atom. The van der Waals surface area contributed by atoms with E-state index in [1.54, 1.807) is 0 Å². The van der Waals surface area contributed by atoms with E-state index in [-0.39, 0.29) is 48.7 Å². The first-order valence-electron chi connectivity index (χ1n) is 14.6. The van der Waals surface area contributed by atoms with Gasteiger partial charge in [-0.05, 0) is 80.2 Å². The van der Waals surface area contributed by atoms with Crippen LogP contribution in [-0.2, 0) is 28.7 Å². The van der Waals surface area contributed by atoms with Gasteiger partial charge in [0, 0.05) is 23.7 Å². The molecule has 212 valence electrons. The molecule has 0 heterocycles. The molecule has 5 nitrogen and oxygen atoms in total. The summed E-state index contributed by atoms with van der Waals surface area (Å²) in [5.74, 6) is 0. The Morgan fingerprint density at radius 3 is 1.69 bits per heavy atom. The summed E-state index contributed by atoms with van der Waals surface area (Å²) in [6.07, 6.45) is 13.9. The Bertz CT molecular complexity index is 973. The van der Waals surface area contributed by atoms with E-state index in [0.29, 0.717) is 0 Å². The fourth-order valence-corrected chi connectivity index (χ4v) is 5.53. The predicted molar refractivity (Wildman–Crippen MR) is 168 cm³/mol. The van der Waals surface area contributed by atoms with Crippen LogP contribution in [0.4, 0.5) is 0 Å². The van der Waals surface area contributed by atoms with Crippen molar-refractivity contribution in [2.75, 3.05) is 13.2 Å². The van der Waals surface area contributed by atoms with Gasteiger partial charge in [-0.3, -0.25) is 0 Å². The topological polar surface area (TPSA) is 84.0 Å². The fraction of sp³-hybridized carbons (Fsp3) is 0.625. The number of nitrogens with zero attached hydrogens (tertiary/aromatic N) is 3. The SMILES string of the molecule is CCOCC.CCc1cccc(C2(N)CCCCC2)c1.CCc1cccc(C2(N=[N+]=[N-])CCCCC2)c1.[AlH3].[H-].[Li+]. The molecule has 0 unspecified atom stereocenters. The van der Waals surface area contributed by atoms with E-state index in [4.69, 9.17) is 16.0 Å². The maximum absolute atomic E-state index is 8.83. The molecular formula is C32H54AlLiN4O. The van der Waals surface area contributed by atoms with Crippen molar-refractivity contribution in [1.82, 2.24) is 0 Å². The van der Waals surface area contributed by atoms with Crippen molar-refractivity contribution < 1.29 is 25.0 Å². The zero-order valence-corrected chi connectivity index (χ0v) is 24.8. The Morgan fingerprint density at radius 2 is 1.26 bits per heavy atom. The van der Waals surface area contributed by atoms with Crippen molar-refractivity contribution in [2.45, 2.75) is 116 Å². The first-order valence-corrected chi connectivity index (χ1v) is 14.6. The molecule has 0 bridgehead atoms. The molecule has 2 aliphatic carbocycles. The van der Waals surface area contributed by atoms with Crippen molar-refractivity contribution in [3.8, 4) is 0 Å². The zero-order valence-electron chi connectivity index (χ0n) is 25.8. The molecule has 7 heteroatoms. The molecule has 0 amide bonds. The van der Waals surface area contributed by atoms with Crippen LogP contribution >= 0.6 is 0 Å². The van der Waals surface area contributed by atoms with Crippen molar-refractivity contribution in [3.63, 3.8) is 0 Å². The number of nitrogens with two attached hydrogens (primary N) is 1. The van der Waals surface area contributed by atoms with E-state index in [0.717, 1.165) is 64.6 Å². The molecule has 2 saturated carbocycles. The van der Waals surface area contributed by atoms with E-state index in [1.807, 2.05) is 13.8 Å². The number of aryl methyl sites for hydroxylation is 2. The molecule has 0 aromatic heterocycles. The number of azide groups is 1. The molecule has 0 atom stereocenters. The molecule has 2 aromatic rings. The van der Waals surface area contributed by atoms with Crippen molar-refractivity contribution >= 4 is 17.4 Å². The van der Waals surface area contributed by atoms with Crippen molar-refractivity contribution in [3.05, 3.63) is 81.2 Å². The molecule has 0 spiro atoms. The van der Waals surface area contributed by atoms with Crippen LogP contribution in [0.25, 0.3) is 10.4 Å². The van der Waals surface area contributed by atoms with E-state index < -0.39 is 0 Å². The van der Waals surface area contributed by atoms with Crippen LogP contribution < -0.4 is 24.6 Å². The summed E-state index contributed by atoms with van der Waals surface area (Å²) in [4.78, 5) is 3.09. The van der Waals surface area contributed by atoms with Crippen LogP contribution in [0.3, 0.4) is 0 Å². The summed E-state index contributed by atoms with van der Waals surface area (Å²) in [5, 5.41) is 4.14. The number of hydrogen-bond donors (Lipinski definition) is 1. The first-order chi connectivity index (χ1) is 18.0. The zero-order chi connectivity index (χ0) is 27.0. The average molecular weight is 545 g/mol. The molecule has 2 fully saturated rings. The second kappa shape index (κ2) is 20.6. The smallest absolute Gasteiger partial charge is 1.00 e. The Kier molecular flexibility index (Phi) is 20.0. The number of benzene rings is 2. The monoisotopic (exact) mass is 544 g/mol. The van der Waals surface area contributed by atoms with Crippen LogP contribution in [0.15, 0.2) is 53.6 Å². The average Bonchev–Trinajstić information content (AvgIpc) is 2.95. The van der Waals surface area contributed by atoms with Crippen LogP contribution in [0.5, 0.6) is 0 Å². The molecule has 39 heavy (non-hydrogen) atoms. The van der Waals surface area contributed by atoms with Gasteiger partial charge in [0.15, 0.2) is 17.4 Å². The van der Waals surface area contributed by atoms with Gasteiger partial charge in [-0.15, -0.1) is 0 Å². The van der Waals surface area contributed by atoms with Gasteiger partial charge in [0.25, 0.3) is 0 Å². The Balaban J connectivity index is 0. The van der Waals surface area contributed by atoms with Gasteiger partial charge in [-0.2, -0.15) is 0 Å². The third kappa shape index (κ3) is 12.1. The molecule has 0 radical (unpaired) electrons. The summed E-state index contributed by atoms with van der Waals surface area (Å²) in [5.41, 5.74) is 20.3. The summed E-state index contributed by atoms with van der Waals surface area (Å²) < 4.78 is 4.83. The summed E-state index contributed by atoms with van der Waals surface area (Å²) in [6.45, 7) is 10.0. The Hall–Kier alpha value is -1.20. The third-order valence-electron chi connectivity index (χ3n) is 7.85. The van der Waals surface area contributed by atoms with Gasteiger partial charge in [-0.25, -0.2) is 0 Å². The number of rotatable bonds is 7. The summed E-state index contributed by atoms with van der Waals surface area (Å²) in [6, 6.07) is 17.4. The molecule has 2 aliphatic rings. The van der Waals surface area contributed by atoms with Crippen LogP contribution in [0, 0.1) is 0 Å². The Labute approximate surface area is 262 Å². The van der Waals surface area contributed by atoms with E-state index in [2.05, 4.69) is 72.4 Å². The van der Waals surface area contributed by atoms with Gasteiger partial charge in [0.2, 0.25) is 0 Å². The van der Waals surface area contributed by atoms with E-state index in [1.165, 1.54) is 47.9 Å². The van der Waals surface area contributed by atoms with E-state index >= 15 is 0 Å².